The predicted octanol–water partition coefficient (Wildman–Crippen LogP) is 1.88. The Bertz CT molecular complexity index is 744. The third kappa shape index (κ3) is 3.88. The molecule has 1 saturated carbocycles. The standard InChI is InChI=1S/C15H22N2O3S2/c1-13-2-6-15(7-3-13)22(19,20)16-21(18)10-8-17(9-11-21)12-14-4-5-14/h2-3,6-7,14H,4-5,8-12H2,1H3. The molecule has 2 aliphatic rings. The van der Waals surface area contributed by atoms with Gasteiger partial charge in [0.05, 0.1) is 14.6 Å². The van der Waals surface area contributed by atoms with E-state index in [0.29, 0.717) is 24.6 Å². The molecule has 2 fully saturated rings. The van der Waals surface area contributed by atoms with Crippen molar-refractivity contribution in [1.82, 2.24) is 4.90 Å². The molecule has 22 heavy (non-hydrogen) atoms. The van der Waals surface area contributed by atoms with Gasteiger partial charge in [-0.05, 0) is 37.8 Å². The van der Waals surface area contributed by atoms with Gasteiger partial charge >= 0.3 is 0 Å². The van der Waals surface area contributed by atoms with Crippen LogP contribution in [0.2, 0.25) is 0 Å². The summed E-state index contributed by atoms with van der Waals surface area (Å²) in [4.78, 5) is 2.41. The molecule has 5 nitrogen and oxygen atoms in total. The normalized spacial score (nSPS) is 22.4. The highest BCUT2D eigenvalue weighted by Gasteiger charge is 2.29. The highest BCUT2D eigenvalue weighted by molar-refractivity contribution is 8.03. The molecule has 0 unspecified atom stereocenters. The van der Waals surface area contributed by atoms with E-state index in [0.717, 1.165) is 18.0 Å². The molecule has 0 bridgehead atoms. The second-order valence-electron chi connectivity index (χ2n) is 6.29. The van der Waals surface area contributed by atoms with E-state index in [-0.39, 0.29) is 4.90 Å². The topological polar surface area (TPSA) is 66.8 Å². The fraction of sp³-hybridized carbons (Fsp3) is 0.600. The van der Waals surface area contributed by atoms with Crippen LogP contribution >= 0.6 is 0 Å². The first-order valence-electron chi connectivity index (χ1n) is 7.64. The van der Waals surface area contributed by atoms with Crippen LogP contribution < -0.4 is 0 Å². The first kappa shape index (κ1) is 16.0. The molecule has 7 heteroatoms. The van der Waals surface area contributed by atoms with Crippen molar-refractivity contribution in [2.75, 3.05) is 31.1 Å². The van der Waals surface area contributed by atoms with Crippen LogP contribution in [0.1, 0.15) is 18.4 Å². The molecule has 1 aromatic rings. The number of sulfonamides is 1. The third-order valence-corrected chi connectivity index (χ3v) is 8.60. The third-order valence-electron chi connectivity index (χ3n) is 4.22. The van der Waals surface area contributed by atoms with E-state index in [1.807, 2.05) is 6.92 Å². The van der Waals surface area contributed by atoms with Crippen LogP contribution in [0.3, 0.4) is 0 Å². The van der Waals surface area contributed by atoms with Crippen molar-refractivity contribution < 1.29 is 12.6 Å². The van der Waals surface area contributed by atoms with Gasteiger partial charge in [-0.1, -0.05) is 17.7 Å². The van der Waals surface area contributed by atoms with Crippen molar-refractivity contribution in [1.29, 1.82) is 0 Å². The first-order chi connectivity index (χ1) is 10.4. The van der Waals surface area contributed by atoms with E-state index in [9.17, 15) is 12.6 Å². The largest absolute Gasteiger partial charge is 0.301 e. The van der Waals surface area contributed by atoms with Crippen LogP contribution in [0.5, 0.6) is 0 Å². The maximum absolute atomic E-state index is 12.7. The lowest BCUT2D eigenvalue weighted by atomic mass is 10.2. The summed E-state index contributed by atoms with van der Waals surface area (Å²) in [5.41, 5.74) is 0.983. The van der Waals surface area contributed by atoms with Crippen LogP contribution in [-0.2, 0) is 19.8 Å². The molecule has 1 aromatic carbocycles. The monoisotopic (exact) mass is 342 g/mol. The van der Waals surface area contributed by atoms with Crippen LogP contribution in [-0.4, -0.2) is 48.7 Å². The number of benzene rings is 1. The van der Waals surface area contributed by atoms with Crippen molar-refractivity contribution in [2.24, 2.45) is 9.69 Å². The van der Waals surface area contributed by atoms with Crippen LogP contribution in [0, 0.1) is 12.8 Å². The van der Waals surface area contributed by atoms with E-state index in [2.05, 4.69) is 8.67 Å². The van der Waals surface area contributed by atoms with Gasteiger partial charge < -0.3 is 4.90 Å². The molecule has 0 N–H and O–H groups in total. The van der Waals surface area contributed by atoms with Gasteiger partial charge in [0.25, 0.3) is 10.0 Å². The maximum atomic E-state index is 12.7. The molecule has 0 amide bonds. The molecule has 1 aliphatic heterocycles. The Balaban J connectivity index is 1.75. The van der Waals surface area contributed by atoms with Crippen molar-refractivity contribution >= 4 is 19.8 Å². The SMILES string of the molecule is Cc1ccc(S(=O)(=O)N=S2(=O)CCN(CC3CC3)CC2)cc1. The summed E-state index contributed by atoms with van der Waals surface area (Å²) in [5.74, 6) is 1.50. The molecular weight excluding hydrogens is 320 g/mol. The molecule has 3 rings (SSSR count). The van der Waals surface area contributed by atoms with Crippen LogP contribution in [0.25, 0.3) is 0 Å². The number of rotatable bonds is 4. The zero-order chi connectivity index (χ0) is 15.8. The average molecular weight is 342 g/mol. The van der Waals surface area contributed by atoms with Gasteiger partial charge in [0.1, 0.15) is 0 Å². The lowest BCUT2D eigenvalue weighted by Crippen LogP contribution is -2.41. The minimum atomic E-state index is -3.83. The van der Waals surface area contributed by atoms with Crippen molar-refractivity contribution in [3.63, 3.8) is 0 Å². The summed E-state index contributed by atoms with van der Waals surface area (Å²) in [7, 11) is -6.49. The molecule has 1 saturated heterocycles. The molecule has 0 radical (unpaired) electrons. The van der Waals surface area contributed by atoms with Crippen LogP contribution in [0.15, 0.2) is 32.9 Å². The number of hydrogen-bond donors (Lipinski definition) is 0. The minimum absolute atomic E-state index is 0.126. The lowest BCUT2D eigenvalue weighted by Gasteiger charge is -2.28. The molecular formula is C15H22N2O3S2. The molecule has 0 atom stereocenters. The molecule has 0 spiro atoms. The van der Waals surface area contributed by atoms with Gasteiger partial charge in [-0.2, -0.15) is 8.42 Å². The van der Waals surface area contributed by atoms with Crippen molar-refractivity contribution in [3.05, 3.63) is 29.8 Å². The lowest BCUT2D eigenvalue weighted by molar-refractivity contribution is 0.286. The Labute approximate surface area is 133 Å². The Hall–Kier alpha value is -0.920. The summed E-state index contributed by atoms with van der Waals surface area (Å²) < 4.78 is 41.2. The zero-order valence-corrected chi connectivity index (χ0v) is 14.4. The molecule has 0 aromatic heterocycles. The van der Waals surface area contributed by atoms with Crippen LogP contribution in [0.4, 0.5) is 0 Å². The summed E-state index contributed by atoms with van der Waals surface area (Å²) in [6, 6.07) is 6.51. The highest BCUT2D eigenvalue weighted by atomic mass is 32.3. The molecule has 1 heterocycles. The Morgan fingerprint density at radius 2 is 1.77 bits per heavy atom. The van der Waals surface area contributed by atoms with E-state index in [4.69, 9.17) is 0 Å². The van der Waals surface area contributed by atoms with E-state index in [1.54, 1.807) is 12.1 Å². The fourth-order valence-corrected chi connectivity index (χ4v) is 6.75. The number of hydrogen-bond acceptors (Lipinski definition) is 4. The molecule has 1 aliphatic carbocycles. The van der Waals surface area contributed by atoms with E-state index in [1.165, 1.54) is 25.0 Å². The smallest absolute Gasteiger partial charge is 0.290 e. The van der Waals surface area contributed by atoms with Gasteiger partial charge in [0.2, 0.25) is 0 Å². The quantitative estimate of drug-likeness (QED) is 0.838. The fourth-order valence-electron chi connectivity index (χ4n) is 2.61. The number of nitrogens with zero attached hydrogens (tertiary/aromatic N) is 2. The predicted molar refractivity (Wildman–Crippen MR) is 87.8 cm³/mol. The minimum Gasteiger partial charge on any atom is -0.301 e. The Morgan fingerprint density at radius 3 is 2.32 bits per heavy atom. The van der Waals surface area contributed by atoms with Gasteiger partial charge in [-0.3, -0.25) is 0 Å². The van der Waals surface area contributed by atoms with Gasteiger partial charge in [-0.25, -0.2) is 4.21 Å². The van der Waals surface area contributed by atoms with E-state index >= 15 is 0 Å². The summed E-state index contributed by atoms with van der Waals surface area (Å²) in [5, 5.41) is 0. The first-order valence-corrected chi connectivity index (χ1v) is 10.9. The zero-order valence-electron chi connectivity index (χ0n) is 12.8. The van der Waals surface area contributed by atoms with Crippen molar-refractivity contribution in [3.8, 4) is 0 Å². The Kier molecular flexibility index (Phi) is 4.31. The maximum Gasteiger partial charge on any atom is 0.290 e. The average Bonchev–Trinajstić information content (AvgIpc) is 3.25. The highest BCUT2D eigenvalue weighted by Crippen LogP contribution is 2.30. The Morgan fingerprint density at radius 1 is 1.18 bits per heavy atom. The summed E-state index contributed by atoms with van der Waals surface area (Å²) >= 11 is 0. The van der Waals surface area contributed by atoms with Gasteiger partial charge in [-0.15, -0.1) is 3.77 Å². The molecule has 122 valence electrons. The summed E-state index contributed by atoms with van der Waals surface area (Å²) in [6.45, 7) is 4.31. The second-order valence-corrected chi connectivity index (χ2v) is 10.7. The van der Waals surface area contributed by atoms with E-state index < -0.39 is 19.8 Å². The van der Waals surface area contributed by atoms with Gasteiger partial charge in [0.15, 0.2) is 0 Å². The summed E-state index contributed by atoms with van der Waals surface area (Å²) in [6.07, 6.45) is 2.58. The van der Waals surface area contributed by atoms with Gasteiger partial charge in [0, 0.05) is 31.1 Å². The number of aryl methyl sites for hydroxylation is 1. The second kappa shape index (κ2) is 5.94. The van der Waals surface area contributed by atoms with Crippen molar-refractivity contribution in [2.45, 2.75) is 24.7 Å².